The molecular weight excluding hydrogens is 390 g/mol. The smallest absolute Gasteiger partial charge is 0.248 e. The van der Waals surface area contributed by atoms with Gasteiger partial charge in [0.15, 0.2) is 5.78 Å². The second-order valence-corrected chi connectivity index (χ2v) is 6.31. The average molecular weight is 410 g/mol. The Balaban J connectivity index is 0.00000124. The lowest BCUT2D eigenvalue weighted by Gasteiger charge is -2.11. The van der Waals surface area contributed by atoms with Gasteiger partial charge in [0, 0.05) is 34.5 Å². The van der Waals surface area contributed by atoms with Crippen LogP contribution in [0.1, 0.15) is 45.7 Å². The second-order valence-electron chi connectivity index (χ2n) is 6.31. The van der Waals surface area contributed by atoms with Crippen molar-refractivity contribution < 1.29 is 23.1 Å². The fraction of sp³-hybridized carbons (Fsp3) is 0.130. The number of hydrogen-bond acceptors (Lipinski definition) is 4. The van der Waals surface area contributed by atoms with E-state index in [2.05, 4.69) is 5.32 Å². The van der Waals surface area contributed by atoms with E-state index in [4.69, 9.17) is 10.5 Å². The molecule has 30 heavy (non-hydrogen) atoms. The van der Waals surface area contributed by atoms with Crippen LogP contribution in [0.2, 0.25) is 0 Å². The van der Waals surface area contributed by atoms with Crippen LogP contribution < -0.4 is 15.8 Å². The third kappa shape index (κ3) is 4.15. The summed E-state index contributed by atoms with van der Waals surface area (Å²) < 4.78 is 32.7. The summed E-state index contributed by atoms with van der Waals surface area (Å²) in [6.45, 7) is 4.13. The van der Waals surface area contributed by atoms with Crippen molar-refractivity contribution in [1.82, 2.24) is 0 Å². The summed E-state index contributed by atoms with van der Waals surface area (Å²) in [4.78, 5) is 24.3. The van der Waals surface area contributed by atoms with Gasteiger partial charge in [0.05, 0.1) is 11.3 Å². The fourth-order valence-electron chi connectivity index (χ4n) is 3.02. The van der Waals surface area contributed by atoms with Crippen LogP contribution in [0.15, 0.2) is 54.6 Å². The number of fused-ring (bicyclic) bond motifs is 2. The first-order valence-corrected chi connectivity index (χ1v) is 9.39. The normalized spacial score (nSPS) is 11.8. The average Bonchev–Trinajstić information content (AvgIpc) is 2.88. The van der Waals surface area contributed by atoms with Gasteiger partial charge in [0.2, 0.25) is 5.91 Å². The molecule has 3 N–H and O–H groups in total. The van der Waals surface area contributed by atoms with Gasteiger partial charge < -0.3 is 15.8 Å². The van der Waals surface area contributed by atoms with Crippen molar-refractivity contribution >= 4 is 23.1 Å². The number of primary amides is 1. The molecule has 1 aliphatic heterocycles. The van der Waals surface area contributed by atoms with E-state index in [1.54, 1.807) is 24.3 Å². The Morgan fingerprint density at radius 1 is 1.00 bits per heavy atom. The molecule has 0 saturated carbocycles. The number of hydrogen-bond donors (Lipinski definition) is 2. The Bertz CT molecular complexity index is 1130. The third-order valence-corrected chi connectivity index (χ3v) is 4.46. The van der Waals surface area contributed by atoms with E-state index >= 15 is 0 Å². The number of nitrogens with one attached hydrogen (secondary N) is 1. The highest BCUT2D eigenvalue weighted by molar-refractivity contribution is 6.13. The zero-order chi connectivity index (χ0) is 21.8. The molecule has 1 amide bonds. The zero-order valence-corrected chi connectivity index (χ0v) is 16.5. The number of benzene rings is 3. The van der Waals surface area contributed by atoms with E-state index in [0.717, 1.165) is 12.1 Å². The van der Waals surface area contributed by atoms with Crippen molar-refractivity contribution in [3.8, 4) is 5.75 Å². The Hall–Kier alpha value is -3.74. The van der Waals surface area contributed by atoms with E-state index in [1.807, 2.05) is 13.8 Å². The van der Waals surface area contributed by atoms with Crippen molar-refractivity contribution in [3.63, 3.8) is 0 Å². The maximum Gasteiger partial charge on any atom is 0.248 e. The largest absolute Gasteiger partial charge is 0.488 e. The lowest BCUT2D eigenvalue weighted by atomic mass is 9.96. The predicted molar refractivity (Wildman–Crippen MR) is 110 cm³/mol. The van der Waals surface area contributed by atoms with Gasteiger partial charge in [-0.05, 0) is 36.4 Å². The van der Waals surface area contributed by atoms with Gasteiger partial charge in [-0.15, -0.1) is 0 Å². The van der Waals surface area contributed by atoms with Crippen LogP contribution in [-0.2, 0) is 6.61 Å². The van der Waals surface area contributed by atoms with Gasteiger partial charge in [0.1, 0.15) is 24.0 Å². The van der Waals surface area contributed by atoms with Gasteiger partial charge in [-0.3, -0.25) is 9.59 Å². The van der Waals surface area contributed by atoms with Crippen LogP contribution in [0.4, 0.5) is 20.2 Å². The minimum atomic E-state index is -0.738. The minimum absolute atomic E-state index is 0.0932. The van der Waals surface area contributed by atoms with Crippen LogP contribution in [0.25, 0.3) is 0 Å². The number of halogens is 2. The van der Waals surface area contributed by atoms with Crippen molar-refractivity contribution in [1.29, 1.82) is 0 Å². The Labute approximate surface area is 172 Å². The van der Waals surface area contributed by atoms with E-state index < -0.39 is 17.5 Å². The molecule has 0 aromatic heterocycles. The maximum absolute atomic E-state index is 13.9. The predicted octanol–water partition coefficient (Wildman–Crippen LogP) is 4.96. The zero-order valence-electron chi connectivity index (χ0n) is 16.5. The maximum atomic E-state index is 13.9. The summed E-state index contributed by atoms with van der Waals surface area (Å²) in [6, 6.07) is 12.5. The lowest BCUT2D eigenvalue weighted by Crippen LogP contribution is -2.13. The third-order valence-electron chi connectivity index (χ3n) is 4.46. The Morgan fingerprint density at radius 3 is 2.47 bits per heavy atom. The van der Waals surface area contributed by atoms with Crippen LogP contribution in [0.3, 0.4) is 0 Å². The number of nitrogens with two attached hydrogens (primary N) is 1. The highest BCUT2D eigenvalue weighted by Crippen LogP contribution is 2.32. The molecule has 0 atom stereocenters. The number of anilines is 2. The summed E-state index contributed by atoms with van der Waals surface area (Å²) in [5, 5.41) is 2.84. The first-order valence-electron chi connectivity index (χ1n) is 9.39. The number of ketones is 1. The highest BCUT2D eigenvalue weighted by atomic mass is 19.1. The molecule has 7 heteroatoms. The number of ether oxygens (including phenoxy) is 1. The molecule has 4 rings (SSSR count). The Morgan fingerprint density at radius 2 is 1.77 bits per heavy atom. The molecule has 3 aromatic carbocycles. The number of rotatable bonds is 3. The standard InChI is InChI=1S/C21H14F2N2O3.C2H6/c22-13-3-6-18(17(23)8-13)25-14-4-5-15-19(9-14)28-10-12-2-1-11(21(24)27)7-16(12)20(15)26;1-2/h1-9,25H,10H2,(H2,24,27);1-2H3. The van der Waals surface area contributed by atoms with Crippen LogP contribution in [-0.4, -0.2) is 11.7 Å². The van der Waals surface area contributed by atoms with Crippen molar-refractivity contribution in [2.24, 2.45) is 5.73 Å². The molecule has 0 saturated heterocycles. The molecule has 0 aliphatic carbocycles. The molecule has 1 aliphatic rings. The second kappa shape index (κ2) is 8.73. The lowest BCUT2D eigenvalue weighted by molar-refractivity contribution is 0.1000. The van der Waals surface area contributed by atoms with E-state index in [-0.39, 0.29) is 23.6 Å². The molecule has 5 nitrogen and oxygen atoms in total. The van der Waals surface area contributed by atoms with E-state index in [1.165, 1.54) is 18.2 Å². The van der Waals surface area contributed by atoms with Crippen molar-refractivity contribution in [2.45, 2.75) is 20.5 Å². The Kier molecular flexibility index (Phi) is 6.11. The van der Waals surface area contributed by atoms with Gasteiger partial charge in [-0.25, -0.2) is 8.78 Å². The van der Waals surface area contributed by atoms with E-state index in [0.29, 0.717) is 28.1 Å². The summed E-state index contributed by atoms with van der Waals surface area (Å²) in [5.74, 6) is -2.02. The van der Waals surface area contributed by atoms with Crippen molar-refractivity contribution in [2.75, 3.05) is 5.32 Å². The van der Waals surface area contributed by atoms with Gasteiger partial charge in [0.25, 0.3) is 0 Å². The van der Waals surface area contributed by atoms with Gasteiger partial charge in [-0.2, -0.15) is 0 Å². The number of carbonyl (C=O) groups excluding carboxylic acids is 2. The molecular formula is C23H20F2N2O3. The molecule has 0 spiro atoms. The van der Waals surface area contributed by atoms with Crippen LogP contribution in [0.5, 0.6) is 5.75 Å². The van der Waals surface area contributed by atoms with Crippen LogP contribution in [0, 0.1) is 11.6 Å². The molecule has 0 fully saturated rings. The summed E-state index contributed by atoms with van der Waals surface area (Å²) >= 11 is 0. The topological polar surface area (TPSA) is 81.4 Å². The quantitative estimate of drug-likeness (QED) is 0.640. The van der Waals surface area contributed by atoms with Gasteiger partial charge >= 0.3 is 0 Å². The molecule has 3 aromatic rings. The fourth-order valence-corrected chi connectivity index (χ4v) is 3.02. The van der Waals surface area contributed by atoms with Crippen LogP contribution >= 0.6 is 0 Å². The molecule has 1 heterocycles. The summed E-state index contributed by atoms with van der Waals surface area (Å²) in [6.07, 6.45) is 0. The monoisotopic (exact) mass is 410 g/mol. The molecule has 154 valence electrons. The highest BCUT2D eigenvalue weighted by Gasteiger charge is 2.23. The number of amides is 1. The van der Waals surface area contributed by atoms with Gasteiger partial charge in [-0.1, -0.05) is 19.9 Å². The summed E-state index contributed by atoms with van der Waals surface area (Å²) in [5.41, 5.74) is 7.39. The van der Waals surface area contributed by atoms with Crippen molar-refractivity contribution in [3.05, 3.63) is 88.5 Å². The first-order chi connectivity index (χ1) is 14.4. The minimum Gasteiger partial charge on any atom is -0.488 e. The molecule has 0 radical (unpaired) electrons. The molecule has 0 unspecified atom stereocenters. The SMILES string of the molecule is CC.NC(=O)c1ccc2c(c1)C(=O)c1ccc(Nc3ccc(F)cc3F)cc1OC2. The summed E-state index contributed by atoms with van der Waals surface area (Å²) in [7, 11) is 0. The van der Waals surface area contributed by atoms with E-state index in [9.17, 15) is 18.4 Å². The first kappa shape index (κ1) is 21.0. The molecule has 0 bridgehead atoms. The number of carbonyl (C=O) groups is 2.